The molecule has 0 aromatic heterocycles. The fraction of sp³-hybridized carbons (Fsp3) is 0.714. The number of carboxylic acid groups (broad SMARTS) is 1. The third kappa shape index (κ3) is 5.92. The number of rotatable bonds is 5. The minimum absolute atomic E-state index is 0.356. The van der Waals surface area contributed by atoms with E-state index in [9.17, 15) is 9.59 Å². The van der Waals surface area contributed by atoms with Crippen molar-refractivity contribution in [1.82, 2.24) is 10.6 Å². The van der Waals surface area contributed by atoms with Crippen LogP contribution in [0.3, 0.4) is 0 Å². The van der Waals surface area contributed by atoms with E-state index >= 15 is 0 Å². The predicted octanol–water partition coefficient (Wildman–Crippen LogP) is -0.595. The number of carbonyl (C=O) groups excluding carboxylic acids is 1. The molecule has 2 amide bonds. The highest BCUT2D eigenvalue weighted by atomic mass is 16.5. The number of nitrogens with one attached hydrogen (secondary N) is 2. The van der Waals surface area contributed by atoms with Crippen LogP contribution in [-0.2, 0) is 9.53 Å². The summed E-state index contributed by atoms with van der Waals surface area (Å²) in [6.45, 7) is 2.14. The van der Waals surface area contributed by atoms with Gasteiger partial charge >= 0.3 is 12.0 Å². The molecule has 0 aromatic carbocycles. The summed E-state index contributed by atoms with van der Waals surface area (Å²) in [7, 11) is 1.51. The fourth-order valence-electron chi connectivity index (χ4n) is 0.576. The van der Waals surface area contributed by atoms with Gasteiger partial charge in [-0.05, 0) is 6.92 Å². The van der Waals surface area contributed by atoms with Crippen molar-refractivity contribution in [3.05, 3.63) is 0 Å². The standard InChI is InChI=1S/C7H14N2O4/c1-5(6(10)11)9-7(12)8-3-4-13-2/h5H,3-4H2,1-2H3,(H,10,11)(H2,8,9,12). The van der Waals surface area contributed by atoms with E-state index in [4.69, 9.17) is 5.11 Å². The lowest BCUT2D eigenvalue weighted by Crippen LogP contribution is -2.45. The first-order valence-corrected chi connectivity index (χ1v) is 3.84. The lowest BCUT2D eigenvalue weighted by molar-refractivity contribution is -0.138. The smallest absolute Gasteiger partial charge is 0.325 e. The summed E-state index contributed by atoms with van der Waals surface area (Å²) in [6, 6.07) is -1.39. The molecule has 0 saturated carbocycles. The van der Waals surface area contributed by atoms with Crippen molar-refractivity contribution in [2.24, 2.45) is 0 Å². The van der Waals surface area contributed by atoms with Gasteiger partial charge in [-0.3, -0.25) is 4.79 Å². The second kappa shape index (κ2) is 6.24. The number of urea groups is 1. The third-order valence-corrected chi connectivity index (χ3v) is 1.31. The molecule has 1 unspecified atom stereocenters. The molecule has 13 heavy (non-hydrogen) atoms. The van der Waals surface area contributed by atoms with Crippen LogP contribution in [-0.4, -0.2) is 43.4 Å². The molecule has 0 saturated heterocycles. The molecular weight excluding hydrogens is 176 g/mol. The zero-order valence-corrected chi connectivity index (χ0v) is 7.66. The lowest BCUT2D eigenvalue weighted by Gasteiger charge is -2.09. The van der Waals surface area contributed by atoms with Gasteiger partial charge in [0.15, 0.2) is 0 Å². The Balaban J connectivity index is 3.56. The molecular formula is C7H14N2O4. The predicted molar refractivity (Wildman–Crippen MR) is 45.5 cm³/mol. The number of carboxylic acids is 1. The van der Waals surface area contributed by atoms with Crippen LogP contribution >= 0.6 is 0 Å². The number of aliphatic carboxylic acids is 1. The molecule has 0 rings (SSSR count). The number of amides is 2. The largest absolute Gasteiger partial charge is 0.480 e. The summed E-state index contributed by atoms with van der Waals surface area (Å²) in [6.07, 6.45) is 0. The lowest BCUT2D eigenvalue weighted by atomic mass is 10.3. The summed E-state index contributed by atoms with van der Waals surface area (Å²) in [5.74, 6) is -1.07. The highest BCUT2D eigenvalue weighted by molar-refractivity contribution is 5.82. The molecule has 0 bridgehead atoms. The van der Waals surface area contributed by atoms with Crippen molar-refractivity contribution in [3.8, 4) is 0 Å². The molecule has 0 heterocycles. The maximum absolute atomic E-state index is 10.9. The van der Waals surface area contributed by atoms with Crippen LogP contribution < -0.4 is 10.6 Å². The molecule has 0 aromatic rings. The van der Waals surface area contributed by atoms with Gasteiger partial charge in [-0.25, -0.2) is 4.79 Å². The molecule has 0 spiro atoms. The average Bonchev–Trinajstić information content (AvgIpc) is 2.04. The van der Waals surface area contributed by atoms with Crippen LogP contribution in [0.4, 0.5) is 4.79 Å². The molecule has 0 fully saturated rings. The van der Waals surface area contributed by atoms with E-state index in [0.717, 1.165) is 0 Å². The molecule has 0 aliphatic heterocycles. The SMILES string of the molecule is COCCNC(=O)NC(C)C(=O)O. The Bertz CT molecular complexity index is 183. The van der Waals surface area contributed by atoms with Crippen molar-refractivity contribution in [3.63, 3.8) is 0 Å². The van der Waals surface area contributed by atoms with Gasteiger partial charge in [0.2, 0.25) is 0 Å². The van der Waals surface area contributed by atoms with Gasteiger partial charge < -0.3 is 20.5 Å². The van der Waals surface area contributed by atoms with Crippen LogP contribution in [0.15, 0.2) is 0 Å². The van der Waals surface area contributed by atoms with E-state index in [1.807, 2.05) is 0 Å². The Morgan fingerprint density at radius 2 is 2.15 bits per heavy atom. The molecule has 0 aliphatic carbocycles. The quantitative estimate of drug-likeness (QED) is 0.505. The van der Waals surface area contributed by atoms with Crippen molar-refractivity contribution in [1.29, 1.82) is 0 Å². The molecule has 3 N–H and O–H groups in total. The van der Waals surface area contributed by atoms with Crippen LogP contribution in [0, 0.1) is 0 Å². The normalized spacial score (nSPS) is 11.8. The molecule has 6 heteroatoms. The van der Waals surface area contributed by atoms with Gasteiger partial charge in [-0.1, -0.05) is 0 Å². The number of hydrogen-bond acceptors (Lipinski definition) is 3. The van der Waals surface area contributed by atoms with Crippen LogP contribution in [0.25, 0.3) is 0 Å². The number of methoxy groups -OCH3 is 1. The van der Waals surface area contributed by atoms with E-state index in [1.165, 1.54) is 14.0 Å². The maximum Gasteiger partial charge on any atom is 0.325 e. The van der Waals surface area contributed by atoms with Gasteiger partial charge in [-0.15, -0.1) is 0 Å². The topological polar surface area (TPSA) is 87.7 Å². The summed E-state index contributed by atoms with van der Waals surface area (Å²) < 4.78 is 4.69. The summed E-state index contributed by atoms with van der Waals surface area (Å²) in [4.78, 5) is 21.2. The highest BCUT2D eigenvalue weighted by Crippen LogP contribution is 1.80. The third-order valence-electron chi connectivity index (χ3n) is 1.31. The Kier molecular flexibility index (Phi) is 5.62. The van der Waals surface area contributed by atoms with Gasteiger partial charge in [0.05, 0.1) is 6.61 Å². The monoisotopic (exact) mass is 190 g/mol. The van der Waals surface area contributed by atoms with Crippen molar-refractivity contribution in [2.75, 3.05) is 20.3 Å². The first-order chi connectivity index (χ1) is 6.07. The number of hydrogen-bond donors (Lipinski definition) is 3. The van der Waals surface area contributed by atoms with Crippen molar-refractivity contribution >= 4 is 12.0 Å². The highest BCUT2D eigenvalue weighted by Gasteiger charge is 2.12. The maximum atomic E-state index is 10.9. The summed E-state index contributed by atoms with van der Waals surface area (Å²) in [5.41, 5.74) is 0. The number of ether oxygens (including phenoxy) is 1. The van der Waals surface area contributed by atoms with E-state index in [2.05, 4.69) is 15.4 Å². The van der Waals surface area contributed by atoms with Gasteiger partial charge in [-0.2, -0.15) is 0 Å². The van der Waals surface area contributed by atoms with E-state index in [0.29, 0.717) is 13.2 Å². The first-order valence-electron chi connectivity index (χ1n) is 3.84. The van der Waals surface area contributed by atoms with Crippen LogP contribution in [0.2, 0.25) is 0 Å². The van der Waals surface area contributed by atoms with E-state index < -0.39 is 18.0 Å². The first kappa shape index (κ1) is 11.7. The average molecular weight is 190 g/mol. The second-order valence-corrected chi connectivity index (χ2v) is 2.45. The minimum atomic E-state index is -1.07. The van der Waals surface area contributed by atoms with Crippen LogP contribution in [0.5, 0.6) is 0 Å². The molecule has 76 valence electrons. The molecule has 6 nitrogen and oxygen atoms in total. The van der Waals surface area contributed by atoms with Crippen LogP contribution in [0.1, 0.15) is 6.92 Å². The van der Waals surface area contributed by atoms with Gasteiger partial charge in [0.1, 0.15) is 6.04 Å². The zero-order chi connectivity index (χ0) is 10.3. The molecule has 0 aliphatic rings. The summed E-state index contributed by atoms with van der Waals surface area (Å²) in [5, 5.41) is 13.1. The zero-order valence-electron chi connectivity index (χ0n) is 7.66. The minimum Gasteiger partial charge on any atom is -0.480 e. The van der Waals surface area contributed by atoms with E-state index in [1.54, 1.807) is 0 Å². The fourth-order valence-corrected chi connectivity index (χ4v) is 0.576. The van der Waals surface area contributed by atoms with Gasteiger partial charge in [0.25, 0.3) is 0 Å². The Morgan fingerprint density at radius 3 is 2.62 bits per heavy atom. The molecule has 1 atom stereocenters. The van der Waals surface area contributed by atoms with Crippen molar-refractivity contribution in [2.45, 2.75) is 13.0 Å². The summed E-state index contributed by atoms with van der Waals surface area (Å²) >= 11 is 0. The number of carbonyl (C=O) groups is 2. The van der Waals surface area contributed by atoms with Gasteiger partial charge in [0, 0.05) is 13.7 Å². The Hall–Kier alpha value is -1.30. The second-order valence-electron chi connectivity index (χ2n) is 2.45. The molecule has 0 radical (unpaired) electrons. The van der Waals surface area contributed by atoms with Crippen molar-refractivity contribution < 1.29 is 19.4 Å². The Labute approximate surface area is 76.3 Å². The Morgan fingerprint density at radius 1 is 1.54 bits per heavy atom. The van der Waals surface area contributed by atoms with E-state index in [-0.39, 0.29) is 0 Å².